The number of amides is 1. The Morgan fingerprint density at radius 3 is 2.41 bits per heavy atom. The molecule has 5 rings (SSSR count). The fraction of sp³-hybridized carbons (Fsp3) is 0.394. The van der Waals surface area contributed by atoms with Crippen molar-refractivity contribution in [2.45, 2.75) is 51.6 Å². The number of aryl methyl sites for hydroxylation is 2. The monoisotopic (exact) mass is 602 g/mol. The van der Waals surface area contributed by atoms with Gasteiger partial charge in [-0.25, -0.2) is 4.98 Å². The molecule has 0 atom stereocenters. The van der Waals surface area contributed by atoms with E-state index < -0.39 is 16.6 Å². The van der Waals surface area contributed by atoms with E-state index in [-0.39, 0.29) is 36.7 Å². The molecule has 1 amide bonds. The van der Waals surface area contributed by atoms with Gasteiger partial charge in [-0.3, -0.25) is 23.9 Å². The lowest BCUT2D eigenvalue weighted by Gasteiger charge is -2.41. The number of fused-ring (bicyclic) bond motifs is 1. The van der Waals surface area contributed by atoms with Crippen LogP contribution in [0.1, 0.15) is 42.2 Å². The minimum atomic E-state index is -0.862. The van der Waals surface area contributed by atoms with Crippen molar-refractivity contribution in [1.29, 1.82) is 0 Å². The predicted molar refractivity (Wildman–Crippen MR) is 165 cm³/mol. The Kier molecular flexibility index (Phi) is 9.05. The predicted octanol–water partition coefficient (Wildman–Crippen LogP) is 3.43. The zero-order valence-electron chi connectivity index (χ0n) is 25.5. The Bertz CT molecular complexity index is 1770. The van der Waals surface area contributed by atoms with Crippen molar-refractivity contribution in [3.63, 3.8) is 0 Å². The third kappa shape index (κ3) is 6.33. The third-order valence-corrected chi connectivity index (χ3v) is 8.40. The number of nitrogens with one attached hydrogen (secondary N) is 1. The maximum Gasteiger partial charge on any atom is 0.261 e. The zero-order valence-corrected chi connectivity index (χ0v) is 25.5. The topological polar surface area (TPSA) is 136 Å². The van der Waals surface area contributed by atoms with E-state index in [1.165, 1.54) is 30.4 Å². The van der Waals surface area contributed by atoms with E-state index in [9.17, 15) is 19.5 Å². The third-order valence-electron chi connectivity index (χ3n) is 8.40. The molecular formula is C33H38N4O7. The van der Waals surface area contributed by atoms with Gasteiger partial charge >= 0.3 is 0 Å². The van der Waals surface area contributed by atoms with Crippen molar-refractivity contribution in [1.82, 2.24) is 19.8 Å². The summed E-state index contributed by atoms with van der Waals surface area (Å²) in [5.41, 5.74) is 0.0401. The van der Waals surface area contributed by atoms with Crippen molar-refractivity contribution in [3.05, 3.63) is 92.0 Å². The van der Waals surface area contributed by atoms with E-state index >= 15 is 0 Å². The molecule has 0 radical (unpaired) electrons. The smallest absolute Gasteiger partial charge is 0.261 e. The molecule has 0 aliphatic carbocycles. The van der Waals surface area contributed by atoms with Gasteiger partial charge in [0.2, 0.25) is 17.1 Å². The summed E-state index contributed by atoms with van der Waals surface area (Å²) in [6, 6.07) is 14.7. The molecule has 1 aliphatic rings. The first-order valence-electron chi connectivity index (χ1n) is 14.6. The first-order valence-corrected chi connectivity index (χ1v) is 14.6. The van der Waals surface area contributed by atoms with Crippen LogP contribution in [0.3, 0.4) is 0 Å². The van der Waals surface area contributed by atoms with Crippen molar-refractivity contribution < 1.29 is 23.8 Å². The van der Waals surface area contributed by atoms with Gasteiger partial charge in [0.1, 0.15) is 11.6 Å². The molecule has 0 saturated carbocycles. The summed E-state index contributed by atoms with van der Waals surface area (Å²) in [6.07, 6.45) is 1.06. The van der Waals surface area contributed by atoms with Gasteiger partial charge in [-0.15, -0.1) is 0 Å². The van der Waals surface area contributed by atoms with Gasteiger partial charge in [-0.2, -0.15) is 0 Å². The summed E-state index contributed by atoms with van der Waals surface area (Å²) in [7, 11) is 3.02. The van der Waals surface area contributed by atoms with Crippen LogP contribution >= 0.6 is 0 Å². The maximum absolute atomic E-state index is 13.4. The highest BCUT2D eigenvalue weighted by molar-refractivity contribution is 5.82. The number of hydrogen-bond donors (Lipinski definition) is 2. The molecule has 4 aromatic rings. The van der Waals surface area contributed by atoms with Gasteiger partial charge < -0.3 is 24.3 Å². The van der Waals surface area contributed by atoms with Crippen LogP contribution in [0.5, 0.6) is 17.2 Å². The average Bonchev–Trinajstić information content (AvgIpc) is 3.01. The largest absolute Gasteiger partial charge is 0.502 e. The van der Waals surface area contributed by atoms with Crippen LogP contribution in [0.4, 0.5) is 0 Å². The number of hydrogen-bond acceptors (Lipinski definition) is 9. The van der Waals surface area contributed by atoms with Gasteiger partial charge in [0, 0.05) is 43.6 Å². The number of aromatic hydroxyl groups is 1. The normalized spacial score (nSPS) is 14.8. The zero-order chi connectivity index (χ0) is 31.4. The second-order valence-corrected chi connectivity index (χ2v) is 11.3. The molecular weight excluding hydrogens is 564 g/mol. The van der Waals surface area contributed by atoms with Crippen LogP contribution in [-0.4, -0.2) is 59.3 Å². The number of carbonyl (C=O) groups is 1. The minimum absolute atomic E-state index is 0.0208. The Morgan fingerprint density at radius 1 is 1.05 bits per heavy atom. The SMILES string of the molecule is COc1cc2nc(C)n(CCNC(=O)CC3(c4oc(C)cc(=O)c4O)CCN(Cc4ccccc4)CC3)c(=O)c2cc1OC. The molecule has 0 bridgehead atoms. The average molecular weight is 603 g/mol. The number of aromatic nitrogens is 2. The number of piperidine rings is 1. The van der Waals surface area contributed by atoms with Crippen molar-refractivity contribution in [3.8, 4) is 17.2 Å². The maximum atomic E-state index is 13.4. The fourth-order valence-electron chi connectivity index (χ4n) is 6.03. The van der Waals surface area contributed by atoms with E-state index in [0.717, 1.165) is 6.54 Å². The summed E-state index contributed by atoms with van der Waals surface area (Å²) in [5.74, 6) is 1.22. The highest BCUT2D eigenvalue weighted by Gasteiger charge is 2.43. The van der Waals surface area contributed by atoms with E-state index in [4.69, 9.17) is 13.9 Å². The molecule has 2 aromatic heterocycles. The van der Waals surface area contributed by atoms with E-state index in [1.807, 2.05) is 18.2 Å². The number of likely N-dealkylation sites (tertiary alicyclic amines) is 1. The summed E-state index contributed by atoms with van der Waals surface area (Å²) in [4.78, 5) is 46.1. The van der Waals surface area contributed by atoms with E-state index in [0.29, 0.717) is 59.9 Å². The van der Waals surface area contributed by atoms with Gasteiger partial charge in [-0.1, -0.05) is 30.3 Å². The van der Waals surface area contributed by atoms with Crippen molar-refractivity contribution in [2.24, 2.45) is 0 Å². The molecule has 0 spiro atoms. The summed E-state index contributed by atoms with van der Waals surface area (Å²) >= 11 is 0. The van der Waals surface area contributed by atoms with E-state index in [1.54, 1.807) is 26.0 Å². The molecule has 1 aliphatic heterocycles. The lowest BCUT2D eigenvalue weighted by molar-refractivity contribution is -0.123. The number of methoxy groups -OCH3 is 2. The summed E-state index contributed by atoms with van der Waals surface area (Å²) in [6.45, 7) is 5.86. The summed E-state index contributed by atoms with van der Waals surface area (Å²) < 4.78 is 18.1. The van der Waals surface area contributed by atoms with Gasteiger partial charge in [0.25, 0.3) is 5.56 Å². The Labute approximate surface area is 255 Å². The number of ether oxygens (including phenoxy) is 2. The van der Waals surface area contributed by atoms with Crippen molar-refractivity contribution in [2.75, 3.05) is 33.9 Å². The highest BCUT2D eigenvalue weighted by atomic mass is 16.5. The first-order chi connectivity index (χ1) is 21.1. The van der Waals surface area contributed by atoms with Crippen LogP contribution < -0.4 is 25.8 Å². The number of rotatable bonds is 10. The molecule has 3 heterocycles. The number of carbonyl (C=O) groups excluding carboxylic acids is 1. The second-order valence-electron chi connectivity index (χ2n) is 11.3. The van der Waals surface area contributed by atoms with Gasteiger partial charge in [0.15, 0.2) is 17.3 Å². The Morgan fingerprint density at radius 2 is 1.73 bits per heavy atom. The molecule has 0 unspecified atom stereocenters. The molecule has 232 valence electrons. The van der Waals surface area contributed by atoms with Crippen LogP contribution in [0.25, 0.3) is 10.9 Å². The quantitative estimate of drug-likeness (QED) is 0.280. The van der Waals surface area contributed by atoms with E-state index in [2.05, 4.69) is 27.3 Å². The van der Waals surface area contributed by atoms with Crippen LogP contribution in [0, 0.1) is 13.8 Å². The van der Waals surface area contributed by atoms with Crippen LogP contribution in [-0.2, 0) is 23.3 Å². The molecule has 2 aromatic carbocycles. The lowest BCUT2D eigenvalue weighted by Crippen LogP contribution is -2.45. The number of nitrogens with zero attached hydrogens (tertiary/aromatic N) is 3. The first kappa shape index (κ1) is 30.8. The highest BCUT2D eigenvalue weighted by Crippen LogP contribution is 2.42. The molecule has 1 fully saturated rings. The second kappa shape index (κ2) is 12.9. The van der Waals surface area contributed by atoms with Crippen molar-refractivity contribution >= 4 is 16.8 Å². The van der Waals surface area contributed by atoms with Gasteiger partial charge in [0.05, 0.1) is 25.1 Å². The van der Waals surface area contributed by atoms with Crippen LogP contribution in [0.2, 0.25) is 0 Å². The van der Waals surface area contributed by atoms with Gasteiger partial charge in [-0.05, 0) is 51.4 Å². The molecule has 11 heteroatoms. The lowest BCUT2D eigenvalue weighted by atomic mass is 9.72. The van der Waals surface area contributed by atoms with Crippen LogP contribution in [0.15, 0.2) is 62.5 Å². The summed E-state index contributed by atoms with van der Waals surface area (Å²) in [5, 5.41) is 14.1. The molecule has 2 N–H and O–H groups in total. The molecule has 44 heavy (non-hydrogen) atoms. The fourth-order valence-corrected chi connectivity index (χ4v) is 6.03. The Hall–Kier alpha value is -4.64. The minimum Gasteiger partial charge on any atom is -0.502 e. The molecule has 1 saturated heterocycles. The number of benzene rings is 2. The standard InChI is InChI=1S/C33H38N4O7/c1-21-16-26(38)30(40)31(44-21)33(10-13-36(14-11-33)20-23-8-6-5-7-9-23)19-29(39)34-12-15-37-22(2)35-25-18-28(43-4)27(42-3)17-24(25)32(37)41/h5-9,16-18,40H,10-15,19-20H2,1-4H3,(H,34,39). The molecule has 11 nitrogen and oxygen atoms in total. The Balaban J connectivity index is 1.32.